The van der Waals surface area contributed by atoms with Crippen molar-refractivity contribution in [3.8, 4) is 0 Å². The first-order valence-corrected chi connectivity index (χ1v) is 7.35. The fourth-order valence-electron chi connectivity index (χ4n) is 1.84. The van der Waals surface area contributed by atoms with Gasteiger partial charge in [0.15, 0.2) is 0 Å². The van der Waals surface area contributed by atoms with Gasteiger partial charge in [-0.15, -0.1) is 0 Å². The maximum absolute atomic E-state index is 11.7. The fraction of sp³-hybridized carbons (Fsp3) is 0.400. The summed E-state index contributed by atoms with van der Waals surface area (Å²) in [6.07, 6.45) is 2.74. The van der Waals surface area contributed by atoms with Crippen molar-refractivity contribution in [3.05, 3.63) is 28.8 Å². The number of unbranched alkanes of at least 4 members (excludes halogenated alkanes) is 2. The topological polar surface area (TPSA) is 95.5 Å². The van der Waals surface area contributed by atoms with Gasteiger partial charge in [0.1, 0.15) is 0 Å². The Morgan fingerprint density at radius 3 is 2.50 bits per heavy atom. The average Bonchev–Trinajstić information content (AvgIpc) is 2.42. The second-order valence-corrected chi connectivity index (χ2v) is 5.25. The van der Waals surface area contributed by atoms with E-state index in [-0.39, 0.29) is 22.4 Å². The van der Waals surface area contributed by atoms with E-state index in [1.165, 1.54) is 25.1 Å². The zero-order valence-corrected chi connectivity index (χ0v) is 13.1. The third kappa shape index (κ3) is 6.58. The Bertz CT molecular complexity index is 560. The minimum atomic E-state index is -1.11. The van der Waals surface area contributed by atoms with Crippen molar-refractivity contribution in [2.45, 2.75) is 32.6 Å². The van der Waals surface area contributed by atoms with Crippen molar-refractivity contribution < 1.29 is 19.5 Å². The van der Waals surface area contributed by atoms with Crippen LogP contribution in [0.15, 0.2) is 18.2 Å². The van der Waals surface area contributed by atoms with Gasteiger partial charge in [-0.05, 0) is 31.0 Å². The summed E-state index contributed by atoms with van der Waals surface area (Å²) in [7, 11) is 0. The predicted octanol–water partition coefficient (Wildman–Crippen LogP) is 2.67. The van der Waals surface area contributed by atoms with Gasteiger partial charge in [0.05, 0.1) is 10.6 Å². The molecule has 0 saturated carbocycles. The molecule has 1 rings (SSSR count). The van der Waals surface area contributed by atoms with E-state index in [0.717, 1.165) is 12.8 Å². The summed E-state index contributed by atoms with van der Waals surface area (Å²) in [5.41, 5.74) is 0.468. The van der Waals surface area contributed by atoms with Gasteiger partial charge in [-0.2, -0.15) is 0 Å². The van der Waals surface area contributed by atoms with Crippen LogP contribution in [0.3, 0.4) is 0 Å². The van der Waals surface area contributed by atoms with Gasteiger partial charge in [-0.1, -0.05) is 18.0 Å². The van der Waals surface area contributed by atoms with Crippen LogP contribution in [-0.2, 0) is 9.59 Å². The molecule has 0 radical (unpaired) electrons. The quantitative estimate of drug-likeness (QED) is 0.640. The van der Waals surface area contributed by atoms with Gasteiger partial charge in [-0.25, -0.2) is 4.79 Å². The van der Waals surface area contributed by atoms with Crippen LogP contribution in [0, 0.1) is 0 Å². The van der Waals surface area contributed by atoms with Crippen LogP contribution in [0.4, 0.5) is 5.69 Å². The molecule has 0 saturated heterocycles. The Kier molecular flexibility index (Phi) is 7.39. The van der Waals surface area contributed by atoms with E-state index in [0.29, 0.717) is 25.1 Å². The Morgan fingerprint density at radius 1 is 1.18 bits per heavy atom. The summed E-state index contributed by atoms with van der Waals surface area (Å²) >= 11 is 5.83. The molecular formula is C15H19ClN2O4. The zero-order chi connectivity index (χ0) is 16.5. The standard InChI is InChI=1S/C15H19ClN2O4/c1-10(19)17-8-4-2-3-5-14(20)18-11-6-7-12(15(21)22)13(16)9-11/h6-7,9H,2-5,8H2,1H3,(H,17,19)(H,18,20)(H,21,22). The number of anilines is 1. The lowest BCUT2D eigenvalue weighted by Crippen LogP contribution is -2.20. The van der Waals surface area contributed by atoms with Gasteiger partial charge in [-0.3, -0.25) is 9.59 Å². The summed E-state index contributed by atoms with van der Waals surface area (Å²) in [4.78, 5) is 33.2. The minimum Gasteiger partial charge on any atom is -0.478 e. The summed E-state index contributed by atoms with van der Waals surface area (Å²) in [5, 5.41) is 14.3. The van der Waals surface area contributed by atoms with Crippen molar-refractivity contribution in [2.24, 2.45) is 0 Å². The van der Waals surface area contributed by atoms with Crippen LogP contribution in [0.2, 0.25) is 5.02 Å². The summed E-state index contributed by atoms with van der Waals surface area (Å²) < 4.78 is 0. The predicted molar refractivity (Wildman–Crippen MR) is 84.2 cm³/mol. The van der Waals surface area contributed by atoms with Crippen LogP contribution in [0.25, 0.3) is 0 Å². The monoisotopic (exact) mass is 326 g/mol. The van der Waals surface area contributed by atoms with E-state index in [4.69, 9.17) is 16.7 Å². The molecular weight excluding hydrogens is 308 g/mol. The molecule has 0 spiro atoms. The van der Waals surface area contributed by atoms with E-state index in [2.05, 4.69) is 10.6 Å². The first kappa shape index (κ1) is 18.0. The minimum absolute atomic E-state index is 0.00219. The second kappa shape index (κ2) is 9.04. The van der Waals surface area contributed by atoms with Crippen LogP contribution in [0.5, 0.6) is 0 Å². The molecule has 3 N–H and O–H groups in total. The molecule has 120 valence electrons. The molecule has 22 heavy (non-hydrogen) atoms. The Morgan fingerprint density at radius 2 is 1.91 bits per heavy atom. The third-order valence-corrected chi connectivity index (χ3v) is 3.25. The molecule has 1 aromatic carbocycles. The number of rotatable bonds is 8. The maximum Gasteiger partial charge on any atom is 0.337 e. The van der Waals surface area contributed by atoms with Crippen LogP contribution >= 0.6 is 11.6 Å². The summed E-state index contributed by atoms with van der Waals surface area (Å²) in [6.45, 7) is 2.08. The third-order valence-electron chi connectivity index (χ3n) is 2.94. The highest BCUT2D eigenvalue weighted by molar-refractivity contribution is 6.33. The van der Waals surface area contributed by atoms with Crippen molar-refractivity contribution in [1.29, 1.82) is 0 Å². The fourth-order valence-corrected chi connectivity index (χ4v) is 2.10. The number of carboxylic acid groups (broad SMARTS) is 1. The number of aromatic carboxylic acids is 1. The number of halogens is 1. The number of carbonyl (C=O) groups is 3. The summed E-state index contributed by atoms with van der Waals surface area (Å²) in [5.74, 6) is -1.32. The number of benzene rings is 1. The van der Waals surface area contributed by atoms with Crippen molar-refractivity contribution in [1.82, 2.24) is 5.32 Å². The number of amides is 2. The zero-order valence-electron chi connectivity index (χ0n) is 12.3. The molecule has 0 aliphatic heterocycles. The Labute approximate surface area is 133 Å². The number of hydrogen-bond donors (Lipinski definition) is 3. The van der Waals surface area contributed by atoms with Gasteiger partial charge in [0.2, 0.25) is 11.8 Å². The van der Waals surface area contributed by atoms with E-state index in [1.807, 2.05) is 0 Å². The van der Waals surface area contributed by atoms with Crippen molar-refractivity contribution in [2.75, 3.05) is 11.9 Å². The van der Waals surface area contributed by atoms with Gasteiger partial charge < -0.3 is 15.7 Å². The Hall–Kier alpha value is -2.08. The molecule has 0 aromatic heterocycles. The van der Waals surface area contributed by atoms with Crippen LogP contribution in [0.1, 0.15) is 43.0 Å². The van der Waals surface area contributed by atoms with Gasteiger partial charge in [0, 0.05) is 25.6 Å². The highest BCUT2D eigenvalue weighted by Gasteiger charge is 2.10. The van der Waals surface area contributed by atoms with E-state index in [9.17, 15) is 14.4 Å². The molecule has 0 atom stereocenters. The molecule has 6 nitrogen and oxygen atoms in total. The van der Waals surface area contributed by atoms with E-state index >= 15 is 0 Å². The highest BCUT2D eigenvalue weighted by Crippen LogP contribution is 2.21. The van der Waals surface area contributed by atoms with Crippen molar-refractivity contribution >= 4 is 35.1 Å². The maximum atomic E-state index is 11.7. The average molecular weight is 327 g/mol. The number of hydrogen-bond acceptors (Lipinski definition) is 3. The molecule has 0 unspecified atom stereocenters. The molecule has 0 bridgehead atoms. The second-order valence-electron chi connectivity index (χ2n) is 4.84. The number of carboxylic acids is 1. The summed E-state index contributed by atoms with van der Waals surface area (Å²) in [6, 6.07) is 4.28. The first-order chi connectivity index (χ1) is 10.4. The van der Waals surface area contributed by atoms with Crippen molar-refractivity contribution in [3.63, 3.8) is 0 Å². The smallest absolute Gasteiger partial charge is 0.337 e. The van der Waals surface area contributed by atoms with Gasteiger partial charge in [0.25, 0.3) is 0 Å². The van der Waals surface area contributed by atoms with E-state index < -0.39 is 5.97 Å². The molecule has 0 aliphatic rings. The number of carbonyl (C=O) groups excluding carboxylic acids is 2. The molecule has 0 heterocycles. The lowest BCUT2D eigenvalue weighted by Gasteiger charge is -2.07. The first-order valence-electron chi connectivity index (χ1n) is 6.97. The molecule has 2 amide bonds. The number of nitrogens with one attached hydrogen (secondary N) is 2. The SMILES string of the molecule is CC(=O)NCCCCCC(=O)Nc1ccc(C(=O)O)c(Cl)c1. The van der Waals surface area contributed by atoms with E-state index in [1.54, 1.807) is 0 Å². The largest absolute Gasteiger partial charge is 0.478 e. The lowest BCUT2D eigenvalue weighted by atomic mass is 10.1. The molecule has 0 fully saturated rings. The highest BCUT2D eigenvalue weighted by atomic mass is 35.5. The lowest BCUT2D eigenvalue weighted by molar-refractivity contribution is -0.119. The van der Waals surface area contributed by atoms with Crippen LogP contribution in [-0.4, -0.2) is 29.4 Å². The normalized spacial score (nSPS) is 10.1. The van der Waals surface area contributed by atoms with Crippen LogP contribution < -0.4 is 10.6 Å². The van der Waals surface area contributed by atoms with Gasteiger partial charge >= 0.3 is 5.97 Å². The molecule has 0 aliphatic carbocycles. The Balaban J connectivity index is 2.32. The molecule has 7 heteroatoms. The molecule has 1 aromatic rings.